The third-order valence-corrected chi connectivity index (χ3v) is 5.33. The Kier molecular flexibility index (Phi) is 6.51. The zero-order valence-electron chi connectivity index (χ0n) is 14.0. The molecule has 0 saturated carbocycles. The first-order valence-electron chi connectivity index (χ1n) is 8.20. The maximum Gasteiger partial charge on any atom is 0.135 e. The van der Waals surface area contributed by atoms with E-state index in [1.807, 2.05) is 54.6 Å². The first-order chi connectivity index (χ1) is 12.7. The molecule has 3 nitrogen and oxygen atoms in total. The van der Waals surface area contributed by atoms with Gasteiger partial charge in [-0.3, -0.25) is 0 Å². The number of alkyl halides is 2. The van der Waals surface area contributed by atoms with Crippen molar-refractivity contribution < 1.29 is 0 Å². The van der Waals surface area contributed by atoms with E-state index in [1.165, 1.54) is 11.3 Å². The zero-order chi connectivity index (χ0) is 18.4. The number of hydrogen-bond donors (Lipinski definition) is 0. The highest BCUT2D eigenvalue weighted by molar-refractivity contribution is 7.19. The summed E-state index contributed by atoms with van der Waals surface area (Å²) in [6.07, 6.45) is 1.87. The van der Waals surface area contributed by atoms with Gasteiger partial charge in [-0.05, 0) is 35.9 Å². The van der Waals surface area contributed by atoms with Gasteiger partial charge in [0.15, 0.2) is 0 Å². The van der Waals surface area contributed by atoms with Crippen molar-refractivity contribution in [3.63, 3.8) is 0 Å². The molecule has 0 aliphatic carbocycles. The normalized spacial score (nSPS) is 11.5. The third kappa shape index (κ3) is 4.37. The number of rotatable bonds is 7. The number of nitrogens with zero attached hydrogens (tertiary/aromatic N) is 3. The van der Waals surface area contributed by atoms with Crippen LogP contribution in [0.2, 0.25) is 0 Å². The monoisotopic (exact) mass is 401 g/mol. The molecule has 0 fully saturated rings. The molecule has 0 N–H and O–H groups in total. The Balaban J connectivity index is 1.86. The number of fused-ring (bicyclic) bond motifs is 1. The quantitative estimate of drug-likeness (QED) is 0.379. The molecule has 0 amide bonds. The van der Waals surface area contributed by atoms with Crippen LogP contribution in [0.5, 0.6) is 0 Å². The second kappa shape index (κ2) is 9.05. The molecular weight excluding hydrogens is 385 g/mol. The summed E-state index contributed by atoms with van der Waals surface area (Å²) in [5.41, 5.74) is 3.52. The van der Waals surface area contributed by atoms with Gasteiger partial charge in [0.25, 0.3) is 0 Å². The lowest BCUT2D eigenvalue weighted by atomic mass is 10.1. The number of aromatic nitrogens is 1. The SMILES string of the molecule is N#C/C(=C/c1ccc(N(CCCl)CCCl)cc1)c1nc2ccccc2s1. The molecule has 1 aromatic heterocycles. The van der Waals surface area contributed by atoms with Crippen LogP contribution < -0.4 is 4.90 Å². The maximum absolute atomic E-state index is 9.56. The van der Waals surface area contributed by atoms with Crippen molar-refractivity contribution in [1.82, 2.24) is 4.98 Å². The van der Waals surface area contributed by atoms with Crippen LogP contribution in [0.3, 0.4) is 0 Å². The number of allylic oxidation sites excluding steroid dienone is 1. The van der Waals surface area contributed by atoms with Gasteiger partial charge in [-0.2, -0.15) is 5.26 Å². The molecule has 0 bridgehead atoms. The minimum Gasteiger partial charge on any atom is -0.369 e. The number of anilines is 1. The van der Waals surface area contributed by atoms with Crippen molar-refractivity contribution in [2.45, 2.75) is 0 Å². The molecule has 0 saturated heterocycles. The average Bonchev–Trinajstić information content (AvgIpc) is 3.10. The summed E-state index contributed by atoms with van der Waals surface area (Å²) in [5, 5.41) is 10.3. The van der Waals surface area contributed by atoms with E-state index in [0.717, 1.165) is 39.6 Å². The Morgan fingerprint density at radius 3 is 2.38 bits per heavy atom. The van der Waals surface area contributed by atoms with Gasteiger partial charge in [-0.15, -0.1) is 34.5 Å². The van der Waals surface area contributed by atoms with Gasteiger partial charge in [0.2, 0.25) is 0 Å². The van der Waals surface area contributed by atoms with Crippen molar-refractivity contribution in [3.05, 3.63) is 59.1 Å². The fourth-order valence-electron chi connectivity index (χ4n) is 2.65. The molecule has 1 heterocycles. The highest BCUT2D eigenvalue weighted by Crippen LogP contribution is 2.28. The van der Waals surface area contributed by atoms with Crippen LogP contribution in [0.25, 0.3) is 21.9 Å². The Hall–Kier alpha value is -2.06. The average molecular weight is 402 g/mol. The van der Waals surface area contributed by atoms with Crippen molar-refractivity contribution in [3.8, 4) is 6.07 Å². The number of nitriles is 1. The summed E-state index contributed by atoms with van der Waals surface area (Å²) in [6.45, 7) is 1.50. The van der Waals surface area contributed by atoms with Crippen LogP contribution in [-0.4, -0.2) is 29.8 Å². The van der Waals surface area contributed by atoms with Crippen LogP contribution in [-0.2, 0) is 0 Å². The Morgan fingerprint density at radius 1 is 1.08 bits per heavy atom. The van der Waals surface area contributed by atoms with E-state index >= 15 is 0 Å². The standard InChI is InChI=1S/C20H17Cl2N3S/c21-9-11-25(12-10-22)17-7-5-15(6-8-17)13-16(14-23)20-24-18-3-1-2-4-19(18)26-20/h1-8,13H,9-12H2/b16-13-. The van der Waals surface area contributed by atoms with Gasteiger partial charge in [0, 0.05) is 30.5 Å². The zero-order valence-corrected chi connectivity index (χ0v) is 16.4. The minimum absolute atomic E-state index is 0.550. The Morgan fingerprint density at radius 2 is 1.77 bits per heavy atom. The number of halogens is 2. The number of para-hydroxylation sites is 1. The summed E-state index contributed by atoms with van der Waals surface area (Å²) in [4.78, 5) is 6.71. The van der Waals surface area contributed by atoms with Gasteiger partial charge >= 0.3 is 0 Å². The number of hydrogen-bond acceptors (Lipinski definition) is 4. The van der Waals surface area contributed by atoms with Crippen LogP contribution in [0.15, 0.2) is 48.5 Å². The van der Waals surface area contributed by atoms with E-state index in [1.54, 1.807) is 0 Å². The molecule has 0 radical (unpaired) electrons. The summed E-state index contributed by atoms with van der Waals surface area (Å²) in [6, 6.07) is 18.2. The summed E-state index contributed by atoms with van der Waals surface area (Å²) in [5.74, 6) is 1.10. The smallest absolute Gasteiger partial charge is 0.135 e. The van der Waals surface area contributed by atoms with E-state index in [9.17, 15) is 5.26 Å². The first kappa shape index (κ1) is 18.7. The second-order valence-corrected chi connectivity index (χ2v) is 7.40. The van der Waals surface area contributed by atoms with E-state index in [2.05, 4.69) is 16.0 Å². The highest BCUT2D eigenvalue weighted by Gasteiger charge is 2.09. The number of thiazole rings is 1. The van der Waals surface area contributed by atoms with E-state index < -0.39 is 0 Å². The summed E-state index contributed by atoms with van der Waals surface area (Å²) < 4.78 is 1.08. The number of benzene rings is 2. The molecule has 6 heteroatoms. The van der Waals surface area contributed by atoms with Gasteiger partial charge < -0.3 is 4.90 Å². The predicted molar refractivity (Wildman–Crippen MR) is 113 cm³/mol. The van der Waals surface area contributed by atoms with Crippen LogP contribution in [0, 0.1) is 11.3 Å². The van der Waals surface area contributed by atoms with Gasteiger partial charge in [-0.25, -0.2) is 4.98 Å². The van der Waals surface area contributed by atoms with Crippen molar-refractivity contribution in [2.75, 3.05) is 29.7 Å². The molecule has 2 aromatic carbocycles. The molecule has 0 unspecified atom stereocenters. The fraction of sp³-hybridized carbons (Fsp3) is 0.200. The minimum atomic E-state index is 0.550. The van der Waals surface area contributed by atoms with Gasteiger partial charge in [-0.1, -0.05) is 24.3 Å². The molecular formula is C20H17Cl2N3S. The molecule has 3 rings (SSSR count). The van der Waals surface area contributed by atoms with E-state index in [4.69, 9.17) is 23.2 Å². The molecule has 26 heavy (non-hydrogen) atoms. The highest BCUT2D eigenvalue weighted by atomic mass is 35.5. The van der Waals surface area contributed by atoms with Crippen molar-refractivity contribution in [2.24, 2.45) is 0 Å². The molecule has 3 aromatic rings. The second-order valence-electron chi connectivity index (χ2n) is 5.61. The van der Waals surface area contributed by atoms with E-state index in [-0.39, 0.29) is 0 Å². The van der Waals surface area contributed by atoms with Gasteiger partial charge in [0.1, 0.15) is 11.1 Å². The third-order valence-electron chi connectivity index (χ3n) is 3.92. The largest absolute Gasteiger partial charge is 0.369 e. The summed E-state index contributed by atoms with van der Waals surface area (Å²) in [7, 11) is 0. The Bertz CT molecular complexity index is 903. The predicted octanol–water partition coefficient (Wildman–Crippen LogP) is 5.64. The Labute approximate surface area is 167 Å². The van der Waals surface area contributed by atoms with E-state index in [0.29, 0.717) is 17.3 Å². The lowest BCUT2D eigenvalue weighted by Gasteiger charge is -2.22. The molecule has 0 aliphatic rings. The lowest BCUT2D eigenvalue weighted by molar-refractivity contribution is 0.874. The maximum atomic E-state index is 9.56. The van der Waals surface area contributed by atoms with Crippen molar-refractivity contribution >= 4 is 62.1 Å². The molecule has 0 spiro atoms. The topological polar surface area (TPSA) is 39.9 Å². The van der Waals surface area contributed by atoms with Crippen LogP contribution in [0.1, 0.15) is 10.6 Å². The van der Waals surface area contributed by atoms with Crippen LogP contribution >= 0.6 is 34.5 Å². The fourth-order valence-corrected chi connectivity index (χ4v) is 3.99. The lowest BCUT2D eigenvalue weighted by Crippen LogP contribution is -2.27. The summed E-state index contributed by atoms with van der Waals surface area (Å²) >= 11 is 13.3. The molecule has 132 valence electrons. The molecule has 0 atom stereocenters. The van der Waals surface area contributed by atoms with Crippen LogP contribution in [0.4, 0.5) is 5.69 Å². The molecule has 0 aliphatic heterocycles. The first-order valence-corrected chi connectivity index (χ1v) is 10.1. The van der Waals surface area contributed by atoms with Crippen molar-refractivity contribution in [1.29, 1.82) is 5.26 Å². The van der Waals surface area contributed by atoms with Gasteiger partial charge in [0.05, 0.1) is 15.8 Å².